The van der Waals surface area contributed by atoms with Gasteiger partial charge in [0.1, 0.15) is 0 Å². The van der Waals surface area contributed by atoms with Crippen molar-refractivity contribution in [2.45, 2.75) is 25.3 Å². The highest BCUT2D eigenvalue weighted by Crippen LogP contribution is 2.26. The number of carboxylic acids is 1. The molecule has 102 valence electrons. The summed E-state index contributed by atoms with van der Waals surface area (Å²) in [5.74, 6) is -1.45. The van der Waals surface area contributed by atoms with Crippen molar-refractivity contribution < 1.29 is 14.7 Å². The first-order valence-corrected chi connectivity index (χ1v) is 6.71. The minimum atomic E-state index is -0.803. The average molecular weight is 302 g/mol. The number of carbonyl (C=O) groups is 2. The van der Waals surface area contributed by atoms with E-state index in [4.69, 9.17) is 28.3 Å². The van der Waals surface area contributed by atoms with Crippen molar-refractivity contribution in [3.8, 4) is 0 Å². The summed E-state index contributed by atoms with van der Waals surface area (Å²) in [5.41, 5.74) is 0.385. The van der Waals surface area contributed by atoms with Crippen molar-refractivity contribution in [2.75, 3.05) is 0 Å². The number of hydrogen-bond acceptors (Lipinski definition) is 2. The summed E-state index contributed by atoms with van der Waals surface area (Å²) >= 11 is 11.7. The van der Waals surface area contributed by atoms with Crippen LogP contribution in [0, 0.1) is 5.92 Å². The van der Waals surface area contributed by atoms with Gasteiger partial charge in [-0.15, -0.1) is 0 Å². The van der Waals surface area contributed by atoms with Crippen LogP contribution in [0.2, 0.25) is 10.0 Å². The number of amides is 1. The summed E-state index contributed by atoms with van der Waals surface area (Å²) in [4.78, 5) is 22.9. The van der Waals surface area contributed by atoms with Gasteiger partial charge in [-0.2, -0.15) is 0 Å². The van der Waals surface area contributed by atoms with Gasteiger partial charge in [0.05, 0.1) is 5.92 Å². The summed E-state index contributed by atoms with van der Waals surface area (Å²) in [7, 11) is 0. The number of hydrogen-bond donors (Lipinski definition) is 2. The molecule has 0 unspecified atom stereocenters. The summed E-state index contributed by atoms with van der Waals surface area (Å²) in [6.07, 6.45) is 1.74. The van der Waals surface area contributed by atoms with Crippen molar-refractivity contribution in [1.82, 2.24) is 5.32 Å². The van der Waals surface area contributed by atoms with Gasteiger partial charge in [0.25, 0.3) is 5.91 Å². The molecule has 1 aliphatic carbocycles. The molecule has 0 radical (unpaired) electrons. The number of carboxylic acid groups (broad SMARTS) is 1. The van der Waals surface area contributed by atoms with Gasteiger partial charge in [-0.3, -0.25) is 9.59 Å². The van der Waals surface area contributed by atoms with Crippen molar-refractivity contribution in [3.63, 3.8) is 0 Å². The fourth-order valence-electron chi connectivity index (χ4n) is 2.29. The second-order valence-electron chi connectivity index (χ2n) is 4.68. The number of rotatable bonds is 3. The first-order chi connectivity index (χ1) is 8.95. The molecule has 19 heavy (non-hydrogen) atoms. The first-order valence-electron chi connectivity index (χ1n) is 5.95. The van der Waals surface area contributed by atoms with Crippen LogP contribution in [0.25, 0.3) is 0 Å². The van der Waals surface area contributed by atoms with Crippen LogP contribution in [0.3, 0.4) is 0 Å². The second-order valence-corrected chi connectivity index (χ2v) is 5.55. The normalized spacial score (nSPS) is 22.2. The molecule has 0 bridgehead atoms. The van der Waals surface area contributed by atoms with Gasteiger partial charge in [-0.1, -0.05) is 23.2 Å². The fraction of sp³-hybridized carbons (Fsp3) is 0.385. The lowest BCUT2D eigenvalue weighted by atomic mass is 10.1. The molecule has 0 heterocycles. The van der Waals surface area contributed by atoms with E-state index in [1.807, 2.05) is 0 Å². The molecule has 2 rings (SSSR count). The smallest absolute Gasteiger partial charge is 0.306 e. The minimum Gasteiger partial charge on any atom is -0.481 e. The van der Waals surface area contributed by atoms with Crippen LogP contribution < -0.4 is 5.32 Å². The molecule has 6 heteroatoms. The van der Waals surface area contributed by atoms with Crippen molar-refractivity contribution in [2.24, 2.45) is 5.92 Å². The third-order valence-electron chi connectivity index (χ3n) is 3.24. The average Bonchev–Trinajstić information content (AvgIpc) is 2.76. The topological polar surface area (TPSA) is 66.4 Å². The van der Waals surface area contributed by atoms with Crippen LogP contribution in [0.5, 0.6) is 0 Å². The van der Waals surface area contributed by atoms with Gasteiger partial charge in [0.2, 0.25) is 0 Å². The van der Waals surface area contributed by atoms with Crippen molar-refractivity contribution >= 4 is 35.1 Å². The monoisotopic (exact) mass is 301 g/mol. The molecule has 1 aliphatic rings. The Kier molecular flexibility index (Phi) is 4.32. The Labute approximate surface area is 120 Å². The van der Waals surface area contributed by atoms with E-state index in [9.17, 15) is 9.59 Å². The zero-order valence-electron chi connectivity index (χ0n) is 10.0. The SMILES string of the molecule is O=C(N[C@@H]1CC[C@H](C(=O)O)C1)c1cc(Cl)cc(Cl)c1. The molecule has 1 amide bonds. The Morgan fingerprint density at radius 1 is 1.16 bits per heavy atom. The Balaban J connectivity index is 2.00. The molecule has 1 aromatic carbocycles. The minimum absolute atomic E-state index is 0.105. The lowest BCUT2D eigenvalue weighted by Crippen LogP contribution is -2.33. The van der Waals surface area contributed by atoms with E-state index < -0.39 is 5.97 Å². The molecule has 0 aliphatic heterocycles. The maximum atomic E-state index is 12.0. The highest BCUT2D eigenvalue weighted by Gasteiger charge is 2.30. The second kappa shape index (κ2) is 5.80. The van der Waals surface area contributed by atoms with E-state index in [0.29, 0.717) is 34.9 Å². The summed E-state index contributed by atoms with van der Waals surface area (Å²) in [6, 6.07) is 4.51. The fourth-order valence-corrected chi connectivity index (χ4v) is 2.82. The molecule has 2 atom stereocenters. The molecule has 2 N–H and O–H groups in total. The van der Waals surface area contributed by atoms with Crippen LogP contribution in [0.4, 0.5) is 0 Å². The summed E-state index contributed by atoms with van der Waals surface area (Å²) < 4.78 is 0. The third-order valence-corrected chi connectivity index (χ3v) is 3.68. The lowest BCUT2D eigenvalue weighted by molar-refractivity contribution is -0.141. The van der Waals surface area contributed by atoms with Gasteiger partial charge in [-0.25, -0.2) is 0 Å². The maximum Gasteiger partial charge on any atom is 0.306 e. The largest absolute Gasteiger partial charge is 0.481 e. The van der Waals surface area contributed by atoms with Crippen molar-refractivity contribution in [1.29, 1.82) is 0 Å². The van der Waals surface area contributed by atoms with Crippen molar-refractivity contribution in [3.05, 3.63) is 33.8 Å². The summed E-state index contributed by atoms with van der Waals surface area (Å²) in [5, 5.41) is 12.5. The standard InChI is InChI=1S/C13H13Cl2NO3/c14-9-3-8(4-10(15)6-9)12(17)16-11-2-1-7(5-11)13(18)19/h3-4,6-7,11H,1-2,5H2,(H,16,17)(H,18,19)/t7-,11+/m0/s1. The van der Waals surface area contributed by atoms with E-state index in [1.165, 1.54) is 12.1 Å². The van der Waals surface area contributed by atoms with E-state index in [-0.39, 0.29) is 17.9 Å². The molecule has 0 spiro atoms. The van der Waals surface area contributed by atoms with Crippen LogP contribution in [0.15, 0.2) is 18.2 Å². The number of benzene rings is 1. The summed E-state index contributed by atoms with van der Waals surface area (Å²) in [6.45, 7) is 0. The zero-order valence-corrected chi connectivity index (χ0v) is 11.5. The number of aliphatic carboxylic acids is 1. The van der Waals surface area contributed by atoms with Gasteiger partial charge in [0.15, 0.2) is 0 Å². The quantitative estimate of drug-likeness (QED) is 0.902. The van der Waals surface area contributed by atoms with Crippen LogP contribution in [-0.2, 0) is 4.79 Å². The Morgan fingerprint density at radius 2 is 1.79 bits per heavy atom. The Hall–Kier alpha value is -1.26. The predicted molar refractivity (Wildman–Crippen MR) is 72.7 cm³/mol. The Bertz CT molecular complexity index is 498. The molecule has 0 saturated heterocycles. The van der Waals surface area contributed by atoms with Gasteiger partial charge >= 0.3 is 5.97 Å². The van der Waals surface area contributed by atoms with E-state index in [1.54, 1.807) is 6.07 Å². The Morgan fingerprint density at radius 3 is 2.32 bits per heavy atom. The predicted octanol–water partition coefficient (Wildman–Crippen LogP) is 2.98. The van der Waals surface area contributed by atoms with Gasteiger partial charge in [0, 0.05) is 21.7 Å². The highest BCUT2D eigenvalue weighted by molar-refractivity contribution is 6.35. The number of carbonyl (C=O) groups excluding carboxylic acids is 1. The molecule has 1 fully saturated rings. The van der Waals surface area contributed by atoms with Crippen LogP contribution >= 0.6 is 23.2 Å². The molecule has 1 aromatic rings. The van der Waals surface area contributed by atoms with Gasteiger partial charge in [-0.05, 0) is 37.5 Å². The molecule has 0 aromatic heterocycles. The van der Waals surface area contributed by atoms with Crippen LogP contribution in [0.1, 0.15) is 29.6 Å². The maximum absolute atomic E-state index is 12.0. The third kappa shape index (κ3) is 3.61. The van der Waals surface area contributed by atoms with E-state index in [0.717, 1.165) is 0 Å². The van der Waals surface area contributed by atoms with Gasteiger partial charge < -0.3 is 10.4 Å². The first kappa shape index (κ1) is 14.2. The molecular weight excluding hydrogens is 289 g/mol. The van der Waals surface area contributed by atoms with E-state index >= 15 is 0 Å². The molecule has 1 saturated carbocycles. The molecular formula is C13H13Cl2NO3. The van der Waals surface area contributed by atoms with E-state index in [2.05, 4.69) is 5.32 Å². The number of halogens is 2. The lowest BCUT2D eigenvalue weighted by Gasteiger charge is -2.12. The molecule has 4 nitrogen and oxygen atoms in total. The highest BCUT2D eigenvalue weighted by atomic mass is 35.5. The number of nitrogens with one attached hydrogen (secondary N) is 1. The van der Waals surface area contributed by atoms with Crippen LogP contribution in [-0.4, -0.2) is 23.0 Å². The zero-order chi connectivity index (χ0) is 14.0.